The van der Waals surface area contributed by atoms with E-state index >= 15 is 0 Å². The minimum atomic E-state index is -3.16. The Kier molecular flexibility index (Phi) is 5.83. The number of hydrogen-bond acceptors (Lipinski definition) is 4. The molecule has 1 aromatic rings. The minimum absolute atomic E-state index is 0.386. The first-order valence-electron chi connectivity index (χ1n) is 6.87. The molecular formula is C14H25N3O2S. The summed E-state index contributed by atoms with van der Waals surface area (Å²) in [6.45, 7) is 8.40. The van der Waals surface area contributed by atoms with Crippen LogP contribution in [-0.4, -0.2) is 34.3 Å². The minimum Gasteiger partial charge on any atom is -0.399 e. The average molecular weight is 299 g/mol. The van der Waals surface area contributed by atoms with Crippen LogP contribution in [0, 0.1) is 6.92 Å². The van der Waals surface area contributed by atoms with E-state index in [9.17, 15) is 8.42 Å². The van der Waals surface area contributed by atoms with Crippen molar-refractivity contribution in [3.05, 3.63) is 23.3 Å². The number of benzene rings is 1. The zero-order chi connectivity index (χ0) is 15.3. The maximum atomic E-state index is 11.2. The Balaban J connectivity index is 3.04. The summed E-state index contributed by atoms with van der Waals surface area (Å²) < 4.78 is 24.8. The second kappa shape index (κ2) is 6.95. The number of sulfonamides is 1. The van der Waals surface area contributed by atoms with Crippen LogP contribution in [0.2, 0.25) is 0 Å². The smallest absolute Gasteiger partial charge is 0.208 e. The van der Waals surface area contributed by atoms with E-state index in [1.165, 1.54) is 6.26 Å². The first-order chi connectivity index (χ1) is 9.30. The van der Waals surface area contributed by atoms with E-state index in [1.807, 2.05) is 19.1 Å². The molecular weight excluding hydrogens is 274 g/mol. The largest absolute Gasteiger partial charge is 0.399 e. The van der Waals surface area contributed by atoms with Gasteiger partial charge in [0.25, 0.3) is 0 Å². The zero-order valence-corrected chi connectivity index (χ0v) is 13.5. The predicted molar refractivity (Wildman–Crippen MR) is 85.7 cm³/mol. The number of nitrogens with zero attached hydrogens (tertiary/aromatic N) is 1. The average Bonchev–Trinajstić information content (AvgIpc) is 2.36. The molecule has 114 valence electrons. The summed E-state index contributed by atoms with van der Waals surface area (Å²) >= 11 is 0. The SMILES string of the molecule is CCN(CC)c1ccc(N)c(C)c1CCNS(C)(=O)=O. The maximum Gasteiger partial charge on any atom is 0.208 e. The molecule has 3 N–H and O–H groups in total. The third-order valence-corrected chi connectivity index (χ3v) is 4.19. The lowest BCUT2D eigenvalue weighted by molar-refractivity contribution is 0.587. The second-order valence-electron chi connectivity index (χ2n) is 4.87. The Hall–Kier alpha value is -1.27. The first kappa shape index (κ1) is 16.8. The van der Waals surface area contributed by atoms with Gasteiger partial charge in [0.15, 0.2) is 0 Å². The molecule has 0 unspecified atom stereocenters. The van der Waals surface area contributed by atoms with Gasteiger partial charge in [0.2, 0.25) is 10.0 Å². The number of rotatable bonds is 7. The Morgan fingerprint density at radius 2 is 1.85 bits per heavy atom. The fourth-order valence-electron chi connectivity index (χ4n) is 2.30. The van der Waals surface area contributed by atoms with Gasteiger partial charge >= 0.3 is 0 Å². The fourth-order valence-corrected chi connectivity index (χ4v) is 2.77. The van der Waals surface area contributed by atoms with Crippen molar-refractivity contribution < 1.29 is 8.42 Å². The molecule has 0 atom stereocenters. The standard InChI is InChI=1S/C14H25N3O2S/c1-5-17(6-2)14-8-7-13(15)11(3)12(14)9-10-16-20(4,18)19/h7-8,16H,5-6,9-10,15H2,1-4H3. The highest BCUT2D eigenvalue weighted by atomic mass is 32.2. The van der Waals surface area contributed by atoms with Crippen LogP contribution >= 0.6 is 0 Å². The molecule has 0 bridgehead atoms. The summed E-state index contributed by atoms with van der Waals surface area (Å²) in [7, 11) is -3.16. The van der Waals surface area contributed by atoms with Gasteiger partial charge in [-0.15, -0.1) is 0 Å². The van der Waals surface area contributed by atoms with E-state index in [0.29, 0.717) is 13.0 Å². The highest BCUT2D eigenvalue weighted by Crippen LogP contribution is 2.28. The zero-order valence-electron chi connectivity index (χ0n) is 12.7. The van der Waals surface area contributed by atoms with Gasteiger partial charge in [-0.2, -0.15) is 0 Å². The molecule has 6 heteroatoms. The quantitative estimate of drug-likeness (QED) is 0.748. The van der Waals surface area contributed by atoms with Gasteiger partial charge in [0.05, 0.1) is 6.26 Å². The number of anilines is 2. The lowest BCUT2D eigenvalue weighted by Crippen LogP contribution is -2.27. The highest BCUT2D eigenvalue weighted by molar-refractivity contribution is 7.88. The maximum absolute atomic E-state index is 11.2. The van der Waals surface area contributed by atoms with Crippen LogP contribution in [-0.2, 0) is 16.4 Å². The lowest BCUT2D eigenvalue weighted by atomic mass is 10.0. The Bertz CT molecular complexity index is 552. The van der Waals surface area contributed by atoms with Gasteiger partial charge in [-0.05, 0) is 50.5 Å². The van der Waals surface area contributed by atoms with E-state index in [0.717, 1.165) is 35.6 Å². The molecule has 0 radical (unpaired) electrons. The third-order valence-electron chi connectivity index (χ3n) is 3.46. The van der Waals surface area contributed by atoms with E-state index in [4.69, 9.17) is 5.73 Å². The van der Waals surface area contributed by atoms with E-state index in [1.54, 1.807) is 0 Å². The first-order valence-corrected chi connectivity index (χ1v) is 8.76. The highest BCUT2D eigenvalue weighted by Gasteiger charge is 2.13. The van der Waals surface area contributed by atoms with E-state index in [-0.39, 0.29) is 0 Å². The van der Waals surface area contributed by atoms with Crippen molar-refractivity contribution >= 4 is 21.4 Å². The van der Waals surface area contributed by atoms with Crippen LogP contribution in [0.3, 0.4) is 0 Å². The molecule has 0 heterocycles. The molecule has 0 saturated carbocycles. The summed E-state index contributed by atoms with van der Waals surface area (Å²) in [4.78, 5) is 2.25. The Morgan fingerprint density at radius 3 is 2.35 bits per heavy atom. The van der Waals surface area contributed by atoms with Crippen molar-refractivity contribution in [1.82, 2.24) is 4.72 Å². The van der Waals surface area contributed by atoms with E-state index in [2.05, 4.69) is 23.5 Å². The second-order valence-corrected chi connectivity index (χ2v) is 6.70. The van der Waals surface area contributed by atoms with Gasteiger partial charge in [-0.1, -0.05) is 0 Å². The fraction of sp³-hybridized carbons (Fsp3) is 0.571. The molecule has 1 aromatic carbocycles. The Labute approximate surface area is 122 Å². The van der Waals surface area contributed by atoms with Crippen LogP contribution in [0.1, 0.15) is 25.0 Å². The van der Waals surface area contributed by atoms with Gasteiger partial charge < -0.3 is 10.6 Å². The van der Waals surface area contributed by atoms with Crippen molar-refractivity contribution in [3.8, 4) is 0 Å². The Morgan fingerprint density at radius 1 is 1.25 bits per heavy atom. The molecule has 5 nitrogen and oxygen atoms in total. The number of nitrogens with two attached hydrogens (primary N) is 1. The van der Waals surface area contributed by atoms with Gasteiger partial charge in [0, 0.05) is 31.0 Å². The molecule has 0 fully saturated rings. The van der Waals surface area contributed by atoms with Crippen LogP contribution < -0.4 is 15.4 Å². The van der Waals surface area contributed by atoms with Crippen molar-refractivity contribution in [1.29, 1.82) is 0 Å². The molecule has 0 spiro atoms. The summed E-state index contributed by atoms with van der Waals surface area (Å²) in [5, 5.41) is 0. The summed E-state index contributed by atoms with van der Waals surface area (Å²) in [5.41, 5.74) is 10.0. The van der Waals surface area contributed by atoms with Gasteiger partial charge in [-0.25, -0.2) is 13.1 Å². The molecule has 0 aromatic heterocycles. The van der Waals surface area contributed by atoms with Crippen molar-refractivity contribution in [2.45, 2.75) is 27.2 Å². The molecule has 0 aliphatic heterocycles. The van der Waals surface area contributed by atoms with Crippen LogP contribution in [0.4, 0.5) is 11.4 Å². The molecule has 1 rings (SSSR count). The topological polar surface area (TPSA) is 75.4 Å². The van der Waals surface area contributed by atoms with Crippen LogP contribution in [0.25, 0.3) is 0 Å². The van der Waals surface area contributed by atoms with Crippen molar-refractivity contribution in [2.24, 2.45) is 0 Å². The van der Waals surface area contributed by atoms with Crippen molar-refractivity contribution in [2.75, 3.05) is 36.5 Å². The number of nitrogen functional groups attached to an aromatic ring is 1. The van der Waals surface area contributed by atoms with Gasteiger partial charge in [-0.3, -0.25) is 0 Å². The number of hydrogen-bond donors (Lipinski definition) is 2. The molecule has 0 amide bonds. The summed E-state index contributed by atoms with van der Waals surface area (Å²) in [6.07, 6.45) is 1.81. The summed E-state index contributed by atoms with van der Waals surface area (Å²) in [5.74, 6) is 0. The molecule has 20 heavy (non-hydrogen) atoms. The molecule has 0 saturated heterocycles. The van der Waals surface area contributed by atoms with Crippen LogP contribution in [0.5, 0.6) is 0 Å². The molecule has 0 aliphatic carbocycles. The van der Waals surface area contributed by atoms with Crippen molar-refractivity contribution in [3.63, 3.8) is 0 Å². The van der Waals surface area contributed by atoms with E-state index < -0.39 is 10.0 Å². The molecule has 0 aliphatic rings. The normalized spacial score (nSPS) is 11.6. The van der Waals surface area contributed by atoms with Gasteiger partial charge in [0.1, 0.15) is 0 Å². The lowest BCUT2D eigenvalue weighted by Gasteiger charge is -2.26. The predicted octanol–water partition coefficient (Wildman–Crippen LogP) is 1.52. The van der Waals surface area contributed by atoms with Crippen LogP contribution in [0.15, 0.2) is 12.1 Å². The summed E-state index contributed by atoms with van der Waals surface area (Å²) in [6, 6.07) is 3.93. The monoisotopic (exact) mass is 299 g/mol. The third kappa shape index (κ3) is 4.38. The number of nitrogens with one attached hydrogen (secondary N) is 1.